The van der Waals surface area contributed by atoms with Gasteiger partial charge in [-0.15, -0.1) is 0 Å². The second-order valence-corrected chi connectivity index (χ2v) is 4.53. The Morgan fingerprint density at radius 2 is 1.89 bits per heavy atom. The molecule has 2 heterocycles. The van der Waals surface area contributed by atoms with Crippen LogP contribution in [0.25, 0.3) is 17.3 Å². The van der Waals surface area contributed by atoms with E-state index in [1.807, 2.05) is 13.8 Å². The minimum Gasteiger partial charge on any atom is -0.397 e. The quantitative estimate of drug-likeness (QED) is 0.788. The molecule has 0 aliphatic rings. The molecule has 0 atom stereocenters. The van der Waals surface area contributed by atoms with E-state index < -0.39 is 0 Å². The number of nitrogens with zero attached hydrogens (tertiary/aromatic N) is 1. The number of hydrogen-bond donors (Lipinski definition) is 1. The molecule has 96 valence electrons. The average molecular weight is 252 g/mol. The van der Waals surface area contributed by atoms with Crippen LogP contribution in [-0.2, 0) is 0 Å². The van der Waals surface area contributed by atoms with E-state index in [2.05, 4.69) is 24.6 Å². The van der Waals surface area contributed by atoms with E-state index in [-0.39, 0.29) is 5.56 Å². The summed E-state index contributed by atoms with van der Waals surface area (Å²) in [6, 6.07) is 0. The normalized spacial score (nSPS) is 10.3. The molecule has 0 amide bonds. The largest absolute Gasteiger partial charge is 0.397 e. The fourth-order valence-corrected chi connectivity index (χ4v) is 2.37. The topological polar surface area (TPSA) is 47.5 Å². The molecule has 0 aliphatic carbocycles. The van der Waals surface area contributed by atoms with Gasteiger partial charge in [-0.3, -0.25) is 9.20 Å². The van der Waals surface area contributed by atoms with Gasteiger partial charge in [0.25, 0.3) is 5.56 Å². The first kappa shape index (κ1) is 13.0. The van der Waals surface area contributed by atoms with E-state index in [0.29, 0.717) is 11.3 Å². The fraction of sp³-hybridized carbons (Fsp3) is 0.188. The number of rotatable bonds is 1. The lowest BCUT2D eigenvalue weighted by Crippen LogP contribution is -2.25. The molecule has 0 saturated carbocycles. The molecule has 0 saturated heterocycles. The van der Waals surface area contributed by atoms with Crippen molar-refractivity contribution < 1.29 is 0 Å². The number of pyridine rings is 1. The standard InChI is InChI=1S/C16H16N2O/c1-6-8-13-9(3)10(4)16(19)18-11(5)14(17)12(7-2)15(13)18/h7H,1-2,17H2,3-5H3. The number of nitrogen functional groups attached to an aromatic ring is 1. The summed E-state index contributed by atoms with van der Waals surface area (Å²) in [5.41, 5.74) is 16.0. The van der Waals surface area contributed by atoms with Crippen molar-refractivity contribution in [3.05, 3.63) is 56.8 Å². The Morgan fingerprint density at radius 3 is 2.42 bits per heavy atom. The van der Waals surface area contributed by atoms with Gasteiger partial charge in [0.2, 0.25) is 0 Å². The van der Waals surface area contributed by atoms with E-state index in [4.69, 9.17) is 5.73 Å². The first-order valence-corrected chi connectivity index (χ1v) is 5.96. The van der Waals surface area contributed by atoms with Crippen LogP contribution in [0.5, 0.6) is 0 Å². The Bertz CT molecular complexity index is 874. The summed E-state index contributed by atoms with van der Waals surface area (Å²) in [6.45, 7) is 12.9. The first-order valence-electron chi connectivity index (χ1n) is 5.96. The Morgan fingerprint density at radius 1 is 1.26 bits per heavy atom. The molecule has 0 radical (unpaired) electrons. The molecule has 2 N–H and O–H groups in total. The van der Waals surface area contributed by atoms with Crippen molar-refractivity contribution in [1.82, 2.24) is 4.40 Å². The zero-order chi connectivity index (χ0) is 14.3. The predicted molar refractivity (Wildman–Crippen MR) is 80.1 cm³/mol. The van der Waals surface area contributed by atoms with Crippen molar-refractivity contribution in [2.24, 2.45) is 0 Å². The molecule has 3 heteroatoms. The van der Waals surface area contributed by atoms with Crippen LogP contribution in [0.1, 0.15) is 22.4 Å². The van der Waals surface area contributed by atoms with Gasteiger partial charge in [0.15, 0.2) is 0 Å². The highest BCUT2D eigenvalue weighted by Gasteiger charge is 2.17. The van der Waals surface area contributed by atoms with Gasteiger partial charge < -0.3 is 5.73 Å². The van der Waals surface area contributed by atoms with Crippen molar-refractivity contribution in [2.45, 2.75) is 20.8 Å². The van der Waals surface area contributed by atoms with Gasteiger partial charge in [-0.25, -0.2) is 0 Å². The highest BCUT2D eigenvalue weighted by atomic mass is 16.1. The monoisotopic (exact) mass is 252 g/mol. The first-order chi connectivity index (χ1) is 8.95. The number of anilines is 1. The third-order valence-corrected chi connectivity index (χ3v) is 3.61. The molecule has 2 aromatic heterocycles. The summed E-state index contributed by atoms with van der Waals surface area (Å²) < 4.78 is 1.62. The van der Waals surface area contributed by atoms with Crippen molar-refractivity contribution in [2.75, 3.05) is 5.73 Å². The van der Waals surface area contributed by atoms with E-state index in [1.54, 1.807) is 17.4 Å². The second-order valence-electron chi connectivity index (χ2n) is 4.53. The minimum atomic E-state index is -0.0561. The minimum absolute atomic E-state index is 0.0561. The predicted octanol–water partition coefficient (Wildman–Crippen LogP) is 1.89. The Balaban J connectivity index is 3.45. The smallest absolute Gasteiger partial charge is 0.258 e. The van der Waals surface area contributed by atoms with Gasteiger partial charge in [0, 0.05) is 16.8 Å². The molecule has 19 heavy (non-hydrogen) atoms. The Labute approximate surface area is 111 Å². The molecular formula is C16H16N2O. The Kier molecular flexibility index (Phi) is 2.95. The zero-order valence-corrected chi connectivity index (χ0v) is 11.4. The van der Waals surface area contributed by atoms with E-state index >= 15 is 0 Å². The lowest BCUT2D eigenvalue weighted by atomic mass is 10.1. The second kappa shape index (κ2) is 4.33. The average Bonchev–Trinajstić information content (AvgIpc) is 2.64. The fourth-order valence-electron chi connectivity index (χ4n) is 2.37. The van der Waals surface area contributed by atoms with Crippen LogP contribution in [0.15, 0.2) is 23.7 Å². The number of aryl methyl sites for hydroxylation is 1. The summed E-state index contributed by atoms with van der Waals surface area (Å²) in [5, 5.41) is 0.793. The molecule has 2 aromatic rings. The van der Waals surface area contributed by atoms with E-state index in [1.165, 1.54) is 0 Å². The van der Waals surface area contributed by atoms with Crippen LogP contribution >= 0.6 is 0 Å². The Hall–Kier alpha value is -2.47. The maximum absolute atomic E-state index is 12.4. The summed E-state index contributed by atoms with van der Waals surface area (Å²) >= 11 is 0. The van der Waals surface area contributed by atoms with Crippen LogP contribution in [0.3, 0.4) is 0 Å². The third-order valence-electron chi connectivity index (χ3n) is 3.61. The molecular weight excluding hydrogens is 236 g/mol. The van der Waals surface area contributed by atoms with Gasteiger partial charge in [-0.05, 0) is 32.9 Å². The van der Waals surface area contributed by atoms with Gasteiger partial charge in [-0.2, -0.15) is 0 Å². The molecule has 0 unspecified atom stereocenters. The molecule has 0 bridgehead atoms. The summed E-state index contributed by atoms with van der Waals surface area (Å²) in [7, 11) is 0. The van der Waals surface area contributed by atoms with E-state index in [0.717, 1.165) is 27.6 Å². The molecule has 3 nitrogen and oxygen atoms in total. The van der Waals surface area contributed by atoms with Crippen LogP contribution in [-0.4, -0.2) is 4.40 Å². The van der Waals surface area contributed by atoms with Gasteiger partial charge in [-0.1, -0.05) is 24.1 Å². The van der Waals surface area contributed by atoms with Crippen LogP contribution < -0.4 is 16.5 Å². The number of fused-ring (bicyclic) bond motifs is 1. The summed E-state index contributed by atoms with van der Waals surface area (Å²) in [5.74, 6) is 0. The van der Waals surface area contributed by atoms with Crippen LogP contribution in [0.4, 0.5) is 5.69 Å². The lowest BCUT2D eigenvalue weighted by molar-refractivity contribution is 1.01. The molecule has 0 aromatic carbocycles. The number of hydrogen-bond acceptors (Lipinski definition) is 2. The van der Waals surface area contributed by atoms with Crippen molar-refractivity contribution in [3.8, 4) is 0 Å². The highest BCUT2D eigenvalue weighted by molar-refractivity contribution is 5.83. The van der Waals surface area contributed by atoms with Crippen molar-refractivity contribution >= 4 is 23.0 Å². The SMILES string of the molecule is C=C=C=c1c(C)c(C)c(=O)n2c(C)c(N)c(C=C)c12. The summed E-state index contributed by atoms with van der Waals surface area (Å²) in [6.07, 6.45) is 1.67. The van der Waals surface area contributed by atoms with E-state index in [9.17, 15) is 4.79 Å². The maximum Gasteiger partial charge on any atom is 0.258 e. The van der Waals surface area contributed by atoms with Crippen LogP contribution in [0.2, 0.25) is 0 Å². The maximum atomic E-state index is 12.4. The van der Waals surface area contributed by atoms with Crippen LogP contribution in [0, 0.1) is 20.8 Å². The molecule has 2 rings (SSSR count). The molecule has 0 spiro atoms. The number of aromatic nitrogens is 1. The van der Waals surface area contributed by atoms with Gasteiger partial charge in [0.1, 0.15) is 0 Å². The molecule has 0 fully saturated rings. The molecule has 0 aliphatic heterocycles. The zero-order valence-electron chi connectivity index (χ0n) is 11.4. The highest BCUT2D eigenvalue weighted by Crippen LogP contribution is 2.23. The van der Waals surface area contributed by atoms with Gasteiger partial charge >= 0.3 is 0 Å². The van der Waals surface area contributed by atoms with Gasteiger partial charge in [0.05, 0.1) is 16.4 Å². The van der Waals surface area contributed by atoms with Crippen molar-refractivity contribution in [1.29, 1.82) is 0 Å². The third kappa shape index (κ3) is 1.57. The van der Waals surface area contributed by atoms with Crippen molar-refractivity contribution in [3.63, 3.8) is 0 Å². The summed E-state index contributed by atoms with van der Waals surface area (Å²) in [4.78, 5) is 12.4. The lowest BCUT2D eigenvalue weighted by Gasteiger charge is -2.04. The number of nitrogens with two attached hydrogens (primary N) is 1.